The summed E-state index contributed by atoms with van der Waals surface area (Å²) in [6.45, 7) is 5.56. The number of esters is 1. The summed E-state index contributed by atoms with van der Waals surface area (Å²) in [7, 11) is 0. The van der Waals surface area contributed by atoms with Crippen molar-refractivity contribution < 1.29 is 9.53 Å². The van der Waals surface area contributed by atoms with Crippen LogP contribution in [0, 0.1) is 0 Å². The predicted octanol–water partition coefficient (Wildman–Crippen LogP) is 3.00. The highest BCUT2D eigenvalue weighted by Crippen LogP contribution is 2.17. The van der Waals surface area contributed by atoms with E-state index in [0.29, 0.717) is 12.1 Å². The summed E-state index contributed by atoms with van der Waals surface area (Å²) in [5.41, 5.74) is 2.15. The summed E-state index contributed by atoms with van der Waals surface area (Å²) in [5.74, 6) is -0.344. The summed E-state index contributed by atoms with van der Waals surface area (Å²) in [6.07, 6.45) is 4.08. The highest BCUT2D eigenvalue weighted by Gasteiger charge is 2.22. The molecule has 1 aromatic carbocycles. The van der Waals surface area contributed by atoms with Crippen molar-refractivity contribution in [3.63, 3.8) is 0 Å². The molecule has 3 nitrogen and oxygen atoms in total. The van der Waals surface area contributed by atoms with Gasteiger partial charge in [-0.15, -0.1) is 0 Å². The van der Waals surface area contributed by atoms with Gasteiger partial charge in [-0.3, -0.25) is 4.99 Å². The van der Waals surface area contributed by atoms with E-state index < -0.39 is 5.60 Å². The van der Waals surface area contributed by atoms with Gasteiger partial charge in [0, 0.05) is 12.6 Å². The molecule has 0 amide bonds. The van der Waals surface area contributed by atoms with Crippen LogP contribution in [0.2, 0.25) is 0 Å². The molecule has 0 radical (unpaired) electrons. The Morgan fingerprint density at radius 3 is 2.72 bits per heavy atom. The van der Waals surface area contributed by atoms with Gasteiger partial charge in [0.1, 0.15) is 11.3 Å². The number of fused-ring (bicyclic) bond motifs is 1. The second kappa shape index (κ2) is 4.77. The number of hydrogen-bond acceptors (Lipinski definition) is 3. The summed E-state index contributed by atoms with van der Waals surface area (Å²) in [4.78, 5) is 16.2. The minimum Gasteiger partial charge on any atom is -0.455 e. The Kier molecular flexibility index (Phi) is 3.32. The van der Waals surface area contributed by atoms with Gasteiger partial charge in [-0.2, -0.15) is 0 Å². The van der Waals surface area contributed by atoms with Crippen LogP contribution in [0.3, 0.4) is 0 Å². The van der Waals surface area contributed by atoms with Gasteiger partial charge >= 0.3 is 5.97 Å². The van der Waals surface area contributed by atoms with Crippen LogP contribution >= 0.6 is 0 Å². The van der Waals surface area contributed by atoms with Gasteiger partial charge < -0.3 is 4.74 Å². The molecule has 0 aliphatic carbocycles. The van der Waals surface area contributed by atoms with Crippen LogP contribution in [0.1, 0.15) is 31.9 Å². The zero-order valence-corrected chi connectivity index (χ0v) is 10.9. The monoisotopic (exact) mass is 243 g/mol. The lowest BCUT2D eigenvalue weighted by Crippen LogP contribution is -2.29. The van der Waals surface area contributed by atoms with Gasteiger partial charge in [0.05, 0.1) is 0 Å². The molecule has 0 saturated heterocycles. The molecule has 0 N–H and O–H groups in total. The molecule has 1 heterocycles. The Bertz CT molecular complexity index is 522. The van der Waals surface area contributed by atoms with Crippen molar-refractivity contribution in [2.75, 3.05) is 0 Å². The maximum Gasteiger partial charge on any atom is 0.353 e. The minimum absolute atomic E-state index is 0.344. The van der Waals surface area contributed by atoms with E-state index in [9.17, 15) is 4.79 Å². The normalized spacial score (nSPS) is 14.5. The van der Waals surface area contributed by atoms with Crippen LogP contribution in [0.15, 0.2) is 35.5 Å². The number of ether oxygens (including phenoxy) is 1. The summed E-state index contributed by atoms with van der Waals surface area (Å²) < 4.78 is 5.34. The molecule has 2 rings (SSSR count). The third kappa shape index (κ3) is 3.06. The molecule has 1 aliphatic heterocycles. The predicted molar refractivity (Wildman–Crippen MR) is 72.5 cm³/mol. The highest BCUT2D eigenvalue weighted by molar-refractivity contribution is 6.37. The largest absolute Gasteiger partial charge is 0.455 e. The van der Waals surface area contributed by atoms with Crippen molar-refractivity contribution in [3.8, 4) is 0 Å². The molecule has 0 atom stereocenters. The molecule has 94 valence electrons. The molecular formula is C15H17NO2. The van der Waals surface area contributed by atoms with Gasteiger partial charge in [-0.25, -0.2) is 4.79 Å². The molecule has 3 heteroatoms. The highest BCUT2D eigenvalue weighted by atomic mass is 16.6. The maximum atomic E-state index is 12.0. The first-order chi connectivity index (χ1) is 8.46. The van der Waals surface area contributed by atoms with E-state index in [0.717, 1.165) is 11.1 Å². The number of hydrogen-bond donors (Lipinski definition) is 0. The average Bonchev–Trinajstić information content (AvgIpc) is 2.48. The molecule has 1 aromatic rings. The zero-order valence-electron chi connectivity index (χ0n) is 10.9. The third-order valence-corrected chi connectivity index (χ3v) is 2.53. The fourth-order valence-corrected chi connectivity index (χ4v) is 1.75. The van der Waals surface area contributed by atoms with Crippen LogP contribution in [0.4, 0.5) is 0 Å². The van der Waals surface area contributed by atoms with Gasteiger partial charge in [0.2, 0.25) is 0 Å². The Hall–Kier alpha value is -1.90. The topological polar surface area (TPSA) is 38.7 Å². The van der Waals surface area contributed by atoms with E-state index >= 15 is 0 Å². The van der Waals surface area contributed by atoms with Crippen molar-refractivity contribution in [3.05, 3.63) is 41.6 Å². The number of benzene rings is 1. The van der Waals surface area contributed by atoms with E-state index in [2.05, 4.69) is 4.99 Å². The van der Waals surface area contributed by atoms with E-state index in [1.54, 1.807) is 6.20 Å². The number of rotatable bonds is 1. The van der Waals surface area contributed by atoms with Gasteiger partial charge in [-0.1, -0.05) is 24.3 Å². The summed E-state index contributed by atoms with van der Waals surface area (Å²) in [5, 5.41) is 0. The van der Waals surface area contributed by atoms with Crippen molar-refractivity contribution in [2.24, 2.45) is 4.99 Å². The molecule has 0 spiro atoms. The molecule has 0 unspecified atom stereocenters. The lowest BCUT2D eigenvalue weighted by atomic mass is 10.0. The van der Waals surface area contributed by atoms with Crippen LogP contribution in [-0.4, -0.2) is 17.3 Å². The molecule has 0 aromatic heterocycles. The SMILES string of the molecule is CC(C)(C)OC(=O)C1=NC=Cc2ccccc2C1. The zero-order chi connectivity index (χ0) is 13.2. The van der Waals surface area contributed by atoms with Crippen molar-refractivity contribution in [1.82, 2.24) is 0 Å². The standard InChI is InChI=1S/C15H17NO2/c1-15(2,3)18-14(17)13-10-12-7-5-4-6-11(12)8-9-16-13/h4-9H,10H2,1-3H3. The summed E-state index contributed by atoms with van der Waals surface area (Å²) in [6, 6.07) is 7.95. The fraction of sp³-hybridized carbons (Fsp3) is 0.333. The number of carbonyl (C=O) groups is 1. The van der Waals surface area contributed by atoms with Crippen molar-refractivity contribution in [1.29, 1.82) is 0 Å². The number of nitrogens with zero attached hydrogens (tertiary/aromatic N) is 1. The first-order valence-corrected chi connectivity index (χ1v) is 6.00. The van der Waals surface area contributed by atoms with Crippen molar-refractivity contribution >= 4 is 17.8 Å². The van der Waals surface area contributed by atoms with Crippen molar-refractivity contribution in [2.45, 2.75) is 32.8 Å². The molecule has 18 heavy (non-hydrogen) atoms. The van der Waals surface area contributed by atoms with Crippen LogP contribution in [0.25, 0.3) is 6.08 Å². The third-order valence-electron chi connectivity index (χ3n) is 2.53. The van der Waals surface area contributed by atoms with E-state index in [1.807, 2.05) is 51.1 Å². The van der Waals surface area contributed by atoms with E-state index in [4.69, 9.17) is 4.74 Å². The van der Waals surface area contributed by atoms with Crippen LogP contribution < -0.4 is 0 Å². The second-order valence-corrected chi connectivity index (χ2v) is 5.27. The molecule has 1 aliphatic rings. The average molecular weight is 243 g/mol. The Morgan fingerprint density at radius 2 is 2.00 bits per heavy atom. The van der Waals surface area contributed by atoms with E-state index in [-0.39, 0.29) is 5.97 Å². The van der Waals surface area contributed by atoms with E-state index in [1.165, 1.54) is 0 Å². The number of carbonyl (C=O) groups excluding carboxylic acids is 1. The molecular weight excluding hydrogens is 226 g/mol. The molecule has 0 bridgehead atoms. The minimum atomic E-state index is -0.491. The first kappa shape index (κ1) is 12.6. The fourth-order valence-electron chi connectivity index (χ4n) is 1.75. The molecule has 0 fully saturated rings. The second-order valence-electron chi connectivity index (χ2n) is 5.27. The Labute approximate surface area is 107 Å². The van der Waals surface area contributed by atoms with Gasteiger partial charge in [0.25, 0.3) is 0 Å². The lowest BCUT2D eigenvalue weighted by Gasteiger charge is -2.19. The van der Waals surface area contributed by atoms with Gasteiger partial charge in [0.15, 0.2) is 0 Å². The van der Waals surface area contributed by atoms with Crippen LogP contribution in [-0.2, 0) is 16.0 Å². The number of aliphatic imine (C=N–C) groups is 1. The lowest BCUT2D eigenvalue weighted by molar-refractivity contribution is -0.146. The smallest absolute Gasteiger partial charge is 0.353 e. The maximum absolute atomic E-state index is 12.0. The Morgan fingerprint density at radius 1 is 1.28 bits per heavy atom. The first-order valence-electron chi connectivity index (χ1n) is 6.00. The van der Waals surface area contributed by atoms with Crippen LogP contribution in [0.5, 0.6) is 0 Å². The summed E-state index contributed by atoms with van der Waals surface area (Å²) >= 11 is 0. The quantitative estimate of drug-likeness (QED) is 0.711. The Balaban J connectivity index is 2.21. The molecule has 0 saturated carbocycles. The van der Waals surface area contributed by atoms with Gasteiger partial charge in [-0.05, 0) is 38.0 Å².